The predicted octanol–water partition coefficient (Wildman–Crippen LogP) is 3.00. The van der Waals surface area contributed by atoms with Crippen LogP contribution in [0.2, 0.25) is 0 Å². The zero-order valence-corrected chi connectivity index (χ0v) is 11.5. The van der Waals surface area contributed by atoms with Crippen LogP contribution in [0.25, 0.3) is 0 Å². The Morgan fingerprint density at radius 2 is 1.50 bits per heavy atom. The van der Waals surface area contributed by atoms with Crippen LogP contribution in [-0.4, -0.2) is 8.42 Å². The van der Waals surface area contributed by atoms with Crippen molar-refractivity contribution >= 4 is 10.0 Å². The van der Waals surface area contributed by atoms with Gasteiger partial charge in [-0.1, -0.05) is 30.3 Å². The van der Waals surface area contributed by atoms with Crippen molar-refractivity contribution in [2.24, 2.45) is 0 Å². The summed E-state index contributed by atoms with van der Waals surface area (Å²) < 4.78 is 53.5. The molecule has 0 aliphatic carbocycles. The lowest BCUT2D eigenvalue weighted by Crippen LogP contribution is -2.28. The fourth-order valence-electron chi connectivity index (χ4n) is 1.85. The molecule has 0 spiro atoms. The van der Waals surface area contributed by atoms with E-state index in [1.54, 1.807) is 6.07 Å². The smallest absolute Gasteiger partial charge is 0.207 e. The van der Waals surface area contributed by atoms with Gasteiger partial charge in [0.15, 0.2) is 0 Å². The van der Waals surface area contributed by atoms with Crippen LogP contribution in [0.1, 0.15) is 18.5 Å². The Hall–Kier alpha value is -1.79. The molecule has 0 bridgehead atoms. The molecule has 2 aromatic carbocycles. The molecule has 20 heavy (non-hydrogen) atoms. The molecule has 0 heterocycles. The Balaban J connectivity index is 2.30. The molecule has 106 valence electrons. The molecule has 0 radical (unpaired) electrons. The number of rotatable bonds is 4. The third kappa shape index (κ3) is 3.02. The van der Waals surface area contributed by atoms with E-state index >= 15 is 0 Å². The first kappa shape index (κ1) is 14.6. The van der Waals surface area contributed by atoms with Crippen LogP contribution in [0.15, 0.2) is 53.4 Å². The van der Waals surface area contributed by atoms with Crippen molar-refractivity contribution in [3.8, 4) is 0 Å². The molecule has 0 fully saturated rings. The second kappa shape index (κ2) is 5.68. The maximum absolute atomic E-state index is 13.6. The predicted molar refractivity (Wildman–Crippen MR) is 71.5 cm³/mol. The van der Waals surface area contributed by atoms with Crippen molar-refractivity contribution in [2.75, 3.05) is 0 Å². The van der Waals surface area contributed by atoms with Crippen molar-refractivity contribution in [2.45, 2.75) is 17.9 Å². The van der Waals surface area contributed by atoms with Gasteiger partial charge in [-0.15, -0.1) is 0 Å². The van der Waals surface area contributed by atoms with Gasteiger partial charge in [0.2, 0.25) is 10.0 Å². The second-order valence-electron chi connectivity index (χ2n) is 4.29. The van der Waals surface area contributed by atoms with E-state index in [1.165, 1.54) is 37.3 Å². The van der Waals surface area contributed by atoms with E-state index in [0.29, 0.717) is 0 Å². The minimum Gasteiger partial charge on any atom is -0.207 e. The summed E-state index contributed by atoms with van der Waals surface area (Å²) in [6, 6.07) is 10.1. The van der Waals surface area contributed by atoms with Crippen LogP contribution < -0.4 is 4.72 Å². The molecule has 0 saturated heterocycles. The molecule has 0 aromatic heterocycles. The summed E-state index contributed by atoms with van der Waals surface area (Å²) in [4.78, 5) is -0.455. The number of hydrogen-bond acceptors (Lipinski definition) is 2. The maximum atomic E-state index is 13.6. The quantitative estimate of drug-likeness (QED) is 0.943. The van der Waals surface area contributed by atoms with Crippen LogP contribution in [0.5, 0.6) is 0 Å². The minimum atomic E-state index is -4.05. The van der Waals surface area contributed by atoms with E-state index in [1.807, 2.05) is 0 Å². The van der Waals surface area contributed by atoms with Crippen LogP contribution in [0, 0.1) is 11.6 Å². The first-order chi connectivity index (χ1) is 9.42. The Labute approximate surface area is 116 Å². The van der Waals surface area contributed by atoms with Crippen LogP contribution in [0.3, 0.4) is 0 Å². The normalized spacial score (nSPS) is 13.2. The Kier molecular flexibility index (Phi) is 4.15. The first-order valence-electron chi connectivity index (χ1n) is 5.93. The zero-order valence-electron chi connectivity index (χ0n) is 10.7. The number of hydrogen-bond donors (Lipinski definition) is 1. The maximum Gasteiger partial charge on any atom is 0.244 e. The van der Waals surface area contributed by atoms with Gasteiger partial charge in [-0.05, 0) is 25.1 Å². The Morgan fingerprint density at radius 3 is 2.10 bits per heavy atom. The summed E-state index contributed by atoms with van der Waals surface area (Å²) in [5.74, 6) is -1.36. The lowest BCUT2D eigenvalue weighted by atomic mass is 10.1. The van der Waals surface area contributed by atoms with E-state index < -0.39 is 32.6 Å². The molecule has 3 nitrogen and oxygen atoms in total. The van der Waals surface area contributed by atoms with Crippen molar-refractivity contribution in [1.82, 2.24) is 4.72 Å². The van der Waals surface area contributed by atoms with E-state index in [2.05, 4.69) is 4.72 Å². The molecular formula is C14H13F2NO2S. The highest BCUT2D eigenvalue weighted by Crippen LogP contribution is 2.20. The fraction of sp³-hybridized carbons (Fsp3) is 0.143. The summed E-state index contributed by atoms with van der Waals surface area (Å²) in [7, 11) is -4.05. The van der Waals surface area contributed by atoms with Crippen LogP contribution >= 0.6 is 0 Å². The molecular weight excluding hydrogens is 284 g/mol. The lowest BCUT2D eigenvalue weighted by Gasteiger charge is -2.15. The summed E-state index contributed by atoms with van der Waals surface area (Å²) in [5, 5.41) is 0. The Bertz CT molecular complexity index is 717. The fourth-order valence-corrected chi connectivity index (χ4v) is 3.15. The van der Waals surface area contributed by atoms with Gasteiger partial charge in [0.25, 0.3) is 0 Å². The Morgan fingerprint density at radius 1 is 0.950 bits per heavy atom. The van der Waals surface area contributed by atoms with Crippen LogP contribution in [-0.2, 0) is 10.0 Å². The van der Waals surface area contributed by atoms with Crippen LogP contribution in [0.4, 0.5) is 8.78 Å². The number of nitrogens with one attached hydrogen (secondary N) is 1. The average molecular weight is 297 g/mol. The van der Waals surface area contributed by atoms with Gasteiger partial charge in [0, 0.05) is 11.6 Å². The van der Waals surface area contributed by atoms with E-state index in [4.69, 9.17) is 0 Å². The summed E-state index contributed by atoms with van der Waals surface area (Å²) in [6.07, 6.45) is 0. The number of sulfonamides is 1. The highest BCUT2D eigenvalue weighted by molar-refractivity contribution is 7.89. The molecule has 0 saturated carbocycles. The highest BCUT2D eigenvalue weighted by atomic mass is 32.2. The minimum absolute atomic E-state index is 0.201. The largest absolute Gasteiger partial charge is 0.244 e. The molecule has 1 atom stereocenters. The van der Waals surface area contributed by atoms with Gasteiger partial charge in [-0.2, -0.15) is 0 Å². The highest BCUT2D eigenvalue weighted by Gasteiger charge is 2.22. The molecule has 1 N–H and O–H groups in total. The van der Waals surface area contributed by atoms with Gasteiger partial charge >= 0.3 is 0 Å². The summed E-state index contributed by atoms with van der Waals surface area (Å²) in [6.45, 7) is 1.50. The van der Waals surface area contributed by atoms with E-state index in [0.717, 1.165) is 12.1 Å². The van der Waals surface area contributed by atoms with Gasteiger partial charge in [-0.3, -0.25) is 0 Å². The molecule has 1 unspecified atom stereocenters. The van der Waals surface area contributed by atoms with Gasteiger partial charge in [-0.25, -0.2) is 21.9 Å². The molecule has 6 heteroatoms. The van der Waals surface area contributed by atoms with E-state index in [-0.39, 0.29) is 5.56 Å². The summed E-state index contributed by atoms with van der Waals surface area (Å²) >= 11 is 0. The SMILES string of the molecule is CC(NS(=O)(=O)c1ccccc1F)c1ccccc1F. The molecule has 0 aliphatic heterocycles. The molecule has 0 amide bonds. The van der Waals surface area contributed by atoms with Crippen molar-refractivity contribution in [1.29, 1.82) is 0 Å². The number of benzene rings is 2. The standard InChI is InChI=1S/C14H13F2NO2S/c1-10(11-6-2-3-7-12(11)15)17-20(18,19)14-9-5-4-8-13(14)16/h2-10,17H,1H3. The molecule has 2 rings (SSSR count). The van der Waals surface area contributed by atoms with Gasteiger partial charge in [0.1, 0.15) is 16.5 Å². The second-order valence-corrected chi connectivity index (χ2v) is 5.98. The summed E-state index contributed by atoms with van der Waals surface area (Å²) in [5.41, 5.74) is 0.201. The first-order valence-corrected chi connectivity index (χ1v) is 7.41. The van der Waals surface area contributed by atoms with Crippen molar-refractivity contribution in [3.63, 3.8) is 0 Å². The molecule has 2 aromatic rings. The third-order valence-electron chi connectivity index (χ3n) is 2.83. The third-order valence-corrected chi connectivity index (χ3v) is 4.40. The van der Waals surface area contributed by atoms with Crippen molar-refractivity contribution in [3.05, 3.63) is 65.7 Å². The van der Waals surface area contributed by atoms with Gasteiger partial charge < -0.3 is 0 Å². The number of halogens is 2. The zero-order chi connectivity index (χ0) is 14.8. The van der Waals surface area contributed by atoms with Crippen molar-refractivity contribution < 1.29 is 17.2 Å². The topological polar surface area (TPSA) is 46.2 Å². The van der Waals surface area contributed by atoms with Gasteiger partial charge in [0.05, 0.1) is 0 Å². The monoisotopic (exact) mass is 297 g/mol. The average Bonchev–Trinajstić information content (AvgIpc) is 2.38. The van der Waals surface area contributed by atoms with E-state index in [9.17, 15) is 17.2 Å². The molecule has 0 aliphatic rings. The lowest BCUT2D eigenvalue weighted by molar-refractivity contribution is 0.537.